The Kier molecular flexibility index (Phi) is 4.56. The third-order valence-corrected chi connectivity index (χ3v) is 5.36. The van der Waals surface area contributed by atoms with Gasteiger partial charge in [-0.1, -0.05) is 35.3 Å². The number of carbonyl (C=O) groups excluding carboxylic acids is 3. The molecule has 1 aliphatic rings. The smallest absolute Gasteiger partial charge is 0.262 e. The van der Waals surface area contributed by atoms with Crippen LogP contribution in [0.25, 0.3) is 11.0 Å². The van der Waals surface area contributed by atoms with Crippen LogP contribution in [0.4, 0.5) is 0 Å². The van der Waals surface area contributed by atoms with Crippen LogP contribution in [-0.4, -0.2) is 38.7 Å². The van der Waals surface area contributed by atoms with Crippen molar-refractivity contribution in [3.05, 3.63) is 63.4 Å². The molecule has 1 aromatic heterocycles. The molecule has 2 heterocycles. The van der Waals surface area contributed by atoms with E-state index in [1.54, 1.807) is 0 Å². The highest BCUT2D eigenvalue weighted by atomic mass is 35.5. The van der Waals surface area contributed by atoms with E-state index < -0.39 is 24.3 Å². The van der Waals surface area contributed by atoms with Crippen molar-refractivity contribution in [1.29, 1.82) is 0 Å². The second-order valence-corrected chi connectivity index (χ2v) is 7.18. The minimum Gasteiger partial charge on any atom is -0.347 e. The molecule has 9 heteroatoms. The summed E-state index contributed by atoms with van der Waals surface area (Å²) in [7, 11) is 1.86. The summed E-state index contributed by atoms with van der Waals surface area (Å²) >= 11 is 11.8. The van der Waals surface area contributed by atoms with Crippen LogP contribution in [0.1, 0.15) is 26.5 Å². The predicted molar refractivity (Wildman–Crippen MR) is 104 cm³/mol. The van der Waals surface area contributed by atoms with Crippen LogP contribution in [0.2, 0.25) is 10.0 Å². The van der Waals surface area contributed by atoms with Crippen molar-refractivity contribution in [2.75, 3.05) is 6.54 Å². The highest BCUT2D eigenvalue weighted by molar-refractivity contribution is 6.43. The molecule has 1 aliphatic heterocycles. The van der Waals surface area contributed by atoms with Crippen LogP contribution < -0.4 is 5.32 Å². The lowest BCUT2D eigenvalue weighted by atomic mass is 10.1. The topological polar surface area (TPSA) is 84.3 Å². The number of hydrogen-bond acceptors (Lipinski definition) is 4. The standard InChI is InChI=1S/C19H14Cl2N4O3/c1-24-15-5-3-2-4-14(15)23-16(24)8-22-17(26)9-25-18(27)10-6-12(20)13(21)7-11(10)19(25)28/h2-7H,8-9H2,1H3,(H,22,26). The average molecular weight is 417 g/mol. The van der Waals surface area contributed by atoms with Crippen LogP contribution in [0.3, 0.4) is 0 Å². The second kappa shape index (κ2) is 6.92. The summed E-state index contributed by atoms with van der Waals surface area (Å²) in [4.78, 5) is 42.6. The first-order valence-corrected chi connectivity index (χ1v) is 9.14. The fourth-order valence-electron chi connectivity index (χ4n) is 3.16. The van der Waals surface area contributed by atoms with E-state index in [9.17, 15) is 14.4 Å². The van der Waals surface area contributed by atoms with E-state index in [1.165, 1.54) is 12.1 Å². The second-order valence-electron chi connectivity index (χ2n) is 6.36. The largest absolute Gasteiger partial charge is 0.347 e. The summed E-state index contributed by atoms with van der Waals surface area (Å²) in [6, 6.07) is 10.3. The number of aromatic nitrogens is 2. The van der Waals surface area contributed by atoms with Crippen molar-refractivity contribution in [2.45, 2.75) is 6.54 Å². The third-order valence-electron chi connectivity index (χ3n) is 4.64. The third kappa shape index (κ3) is 3.02. The molecule has 0 unspecified atom stereocenters. The number of fused-ring (bicyclic) bond motifs is 2. The van der Waals surface area contributed by atoms with Gasteiger partial charge in [-0.25, -0.2) is 4.98 Å². The highest BCUT2D eigenvalue weighted by Crippen LogP contribution is 2.31. The van der Waals surface area contributed by atoms with Gasteiger partial charge >= 0.3 is 0 Å². The zero-order valence-corrected chi connectivity index (χ0v) is 16.2. The number of nitrogens with zero attached hydrogens (tertiary/aromatic N) is 3. The fraction of sp³-hybridized carbons (Fsp3) is 0.158. The molecule has 0 bridgehead atoms. The van der Waals surface area contributed by atoms with E-state index in [-0.39, 0.29) is 27.7 Å². The molecular weight excluding hydrogens is 403 g/mol. The number of halogens is 2. The zero-order valence-electron chi connectivity index (χ0n) is 14.7. The minimum atomic E-state index is -0.573. The van der Waals surface area contributed by atoms with Crippen LogP contribution in [0.5, 0.6) is 0 Å². The summed E-state index contributed by atoms with van der Waals surface area (Å²) in [5, 5.41) is 3.05. The maximum Gasteiger partial charge on any atom is 0.262 e. The average Bonchev–Trinajstić information content (AvgIpc) is 3.11. The Labute approximate surface area is 169 Å². The van der Waals surface area contributed by atoms with Gasteiger partial charge in [-0.15, -0.1) is 0 Å². The van der Waals surface area contributed by atoms with Crippen LogP contribution >= 0.6 is 23.2 Å². The van der Waals surface area contributed by atoms with Crippen LogP contribution in [0.15, 0.2) is 36.4 Å². The summed E-state index contributed by atoms with van der Waals surface area (Å²) in [6.45, 7) is -0.226. The lowest BCUT2D eigenvalue weighted by Crippen LogP contribution is -2.40. The molecule has 142 valence electrons. The first-order valence-electron chi connectivity index (χ1n) is 8.39. The normalized spacial score (nSPS) is 13.3. The Morgan fingerprint density at radius 2 is 1.68 bits per heavy atom. The van der Waals surface area contributed by atoms with Gasteiger partial charge in [0, 0.05) is 7.05 Å². The van der Waals surface area contributed by atoms with Crippen molar-refractivity contribution in [1.82, 2.24) is 19.8 Å². The van der Waals surface area contributed by atoms with Crippen molar-refractivity contribution in [3.8, 4) is 0 Å². The van der Waals surface area contributed by atoms with Gasteiger partial charge in [0.1, 0.15) is 12.4 Å². The summed E-state index contributed by atoms with van der Waals surface area (Å²) in [6.07, 6.45) is 0. The number of imide groups is 1. The summed E-state index contributed by atoms with van der Waals surface area (Å²) < 4.78 is 1.88. The number of nitrogens with one attached hydrogen (secondary N) is 1. The molecule has 1 N–H and O–H groups in total. The van der Waals surface area contributed by atoms with E-state index >= 15 is 0 Å². The quantitative estimate of drug-likeness (QED) is 0.662. The van der Waals surface area contributed by atoms with Gasteiger partial charge in [-0.05, 0) is 24.3 Å². The number of carbonyl (C=O) groups is 3. The molecule has 3 amide bonds. The molecule has 3 aromatic rings. The summed E-state index contributed by atoms with van der Waals surface area (Å²) in [5.41, 5.74) is 2.05. The Hall–Kier alpha value is -2.90. The lowest BCUT2D eigenvalue weighted by Gasteiger charge is -2.13. The van der Waals surface area contributed by atoms with Crippen molar-refractivity contribution >= 4 is 52.0 Å². The predicted octanol–water partition coefficient (Wildman–Crippen LogP) is 2.79. The minimum absolute atomic E-state index is 0.141. The van der Waals surface area contributed by atoms with E-state index in [1.807, 2.05) is 35.9 Å². The van der Waals surface area contributed by atoms with Gasteiger partial charge < -0.3 is 9.88 Å². The SMILES string of the molecule is Cn1c(CNC(=O)CN2C(=O)c3cc(Cl)c(Cl)cc3C2=O)nc2ccccc21. The molecule has 2 aromatic carbocycles. The number of benzene rings is 2. The van der Waals surface area contributed by atoms with E-state index in [2.05, 4.69) is 10.3 Å². The first-order chi connectivity index (χ1) is 13.4. The molecular formula is C19H14Cl2N4O3. The first kappa shape index (κ1) is 18.5. The molecule has 0 atom stereocenters. The van der Waals surface area contributed by atoms with E-state index in [0.29, 0.717) is 5.82 Å². The maximum absolute atomic E-state index is 12.5. The molecule has 7 nitrogen and oxygen atoms in total. The number of amides is 3. The van der Waals surface area contributed by atoms with Gasteiger partial charge in [-0.2, -0.15) is 0 Å². The molecule has 0 saturated heterocycles. The zero-order chi connectivity index (χ0) is 20.0. The molecule has 28 heavy (non-hydrogen) atoms. The Morgan fingerprint density at radius 3 is 2.29 bits per heavy atom. The van der Waals surface area contributed by atoms with Gasteiger partial charge in [0.25, 0.3) is 11.8 Å². The Morgan fingerprint density at radius 1 is 1.07 bits per heavy atom. The van der Waals surface area contributed by atoms with Crippen molar-refractivity contribution in [2.24, 2.45) is 7.05 Å². The van der Waals surface area contributed by atoms with Gasteiger partial charge in [-0.3, -0.25) is 19.3 Å². The number of aryl methyl sites for hydroxylation is 1. The maximum atomic E-state index is 12.5. The van der Waals surface area contributed by atoms with Gasteiger partial charge in [0.15, 0.2) is 0 Å². The van der Waals surface area contributed by atoms with Crippen molar-refractivity contribution in [3.63, 3.8) is 0 Å². The van der Waals surface area contributed by atoms with Gasteiger partial charge in [0.2, 0.25) is 5.91 Å². The molecule has 0 saturated carbocycles. The lowest BCUT2D eigenvalue weighted by molar-refractivity contribution is -0.121. The number of para-hydroxylation sites is 2. The Balaban J connectivity index is 1.46. The highest BCUT2D eigenvalue weighted by Gasteiger charge is 2.37. The van der Waals surface area contributed by atoms with Crippen LogP contribution in [0, 0.1) is 0 Å². The van der Waals surface area contributed by atoms with E-state index in [4.69, 9.17) is 23.2 Å². The molecule has 0 aliphatic carbocycles. The van der Waals surface area contributed by atoms with E-state index in [0.717, 1.165) is 15.9 Å². The number of rotatable bonds is 4. The van der Waals surface area contributed by atoms with Crippen molar-refractivity contribution < 1.29 is 14.4 Å². The molecule has 0 radical (unpaired) electrons. The summed E-state index contributed by atoms with van der Waals surface area (Å²) in [5.74, 6) is -0.956. The number of imidazole rings is 1. The van der Waals surface area contributed by atoms with Crippen LogP contribution in [-0.2, 0) is 18.4 Å². The number of hydrogen-bond donors (Lipinski definition) is 1. The van der Waals surface area contributed by atoms with Gasteiger partial charge in [0.05, 0.1) is 38.8 Å². The Bertz CT molecular complexity index is 1110. The molecule has 4 rings (SSSR count). The fourth-order valence-corrected chi connectivity index (χ4v) is 3.49. The molecule has 0 fully saturated rings. The molecule has 0 spiro atoms. The monoisotopic (exact) mass is 416 g/mol.